The quantitative estimate of drug-likeness (QED) is 0.362. The average Bonchev–Trinajstić information content (AvgIpc) is 2.29. The summed E-state index contributed by atoms with van der Waals surface area (Å²) in [7, 11) is 0. The molecule has 0 aromatic rings. The molecule has 0 aliphatic carbocycles. The molecule has 0 radical (unpaired) electrons. The van der Waals surface area contributed by atoms with Crippen molar-refractivity contribution in [2.24, 2.45) is 5.41 Å². The largest absolute Gasteiger partial charge is 0.244 e. The van der Waals surface area contributed by atoms with E-state index < -0.39 is 5.67 Å². The van der Waals surface area contributed by atoms with Crippen LogP contribution in [0.3, 0.4) is 0 Å². The lowest BCUT2D eigenvalue weighted by atomic mass is 9.69. The van der Waals surface area contributed by atoms with Crippen LogP contribution in [0.1, 0.15) is 98.8 Å². The molecule has 0 heterocycles. The molecule has 0 fully saturated rings. The summed E-state index contributed by atoms with van der Waals surface area (Å²) in [5, 5.41) is 0. The van der Waals surface area contributed by atoms with Crippen molar-refractivity contribution in [1.82, 2.24) is 0 Å². The van der Waals surface area contributed by atoms with Crippen molar-refractivity contribution in [1.29, 1.82) is 0 Å². The number of hydrogen-bond acceptors (Lipinski definition) is 0. The predicted octanol–water partition coefficient (Wildman–Crippen LogP) is 6.68. The standard InChI is InChI=1S/C17H35F/c1-6-8-10-12-14-17(5,16(3,4)18)15-13-11-9-7-2/h6-15H2,1-5H3. The van der Waals surface area contributed by atoms with E-state index in [1.54, 1.807) is 13.8 Å². The van der Waals surface area contributed by atoms with Crippen molar-refractivity contribution in [2.45, 2.75) is 104 Å². The van der Waals surface area contributed by atoms with Crippen LogP contribution in [0.2, 0.25) is 0 Å². The van der Waals surface area contributed by atoms with Gasteiger partial charge >= 0.3 is 0 Å². The van der Waals surface area contributed by atoms with Gasteiger partial charge in [0.25, 0.3) is 0 Å². The molecule has 0 rings (SSSR count). The first-order valence-corrected chi connectivity index (χ1v) is 8.06. The zero-order valence-electron chi connectivity index (χ0n) is 13.4. The molecule has 0 bridgehead atoms. The lowest BCUT2D eigenvalue weighted by molar-refractivity contribution is 0.0177. The van der Waals surface area contributed by atoms with Crippen LogP contribution in [0.15, 0.2) is 0 Å². The maximum absolute atomic E-state index is 14.5. The molecule has 0 aliphatic heterocycles. The van der Waals surface area contributed by atoms with Crippen LogP contribution in [-0.4, -0.2) is 5.67 Å². The van der Waals surface area contributed by atoms with Gasteiger partial charge in [-0.15, -0.1) is 0 Å². The molecule has 18 heavy (non-hydrogen) atoms. The molecule has 0 aliphatic rings. The van der Waals surface area contributed by atoms with Crippen LogP contribution in [0, 0.1) is 5.41 Å². The summed E-state index contributed by atoms with van der Waals surface area (Å²) in [6.07, 6.45) is 12.1. The molecule has 0 saturated carbocycles. The van der Waals surface area contributed by atoms with Crippen molar-refractivity contribution >= 4 is 0 Å². The molecule has 0 atom stereocenters. The van der Waals surface area contributed by atoms with Gasteiger partial charge in [0, 0.05) is 5.41 Å². The van der Waals surface area contributed by atoms with Crippen molar-refractivity contribution in [3.8, 4) is 0 Å². The highest BCUT2D eigenvalue weighted by Crippen LogP contribution is 2.43. The smallest absolute Gasteiger partial charge is 0.110 e. The molecule has 0 nitrogen and oxygen atoms in total. The Morgan fingerprint density at radius 2 is 1.06 bits per heavy atom. The molecule has 110 valence electrons. The molecule has 0 saturated heterocycles. The highest BCUT2D eigenvalue weighted by atomic mass is 19.1. The van der Waals surface area contributed by atoms with Crippen LogP contribution >= 0.6 is 0 Å². The lowest BCUT2D eigenvalue weighted by Gasteiger charge is -2.39. The molecule has 0 N–H and O–H groups in total. The van der Waals surface area contributed by atoms with Gasteiger partial charge in [-0.3, -0.25) is 0 Å². The summed E-state index contributed by atoms with van der Waals surface area (Å²) in [6, 6.07) is 0. The van der Waals surface area contributed by atoms with E-state index in [2.05, 4.69) is 20.8 Å². The molecular weight excluding hydrogens is 223 g/mol. The fourth-order valence-electron chi connectivity index (χ4n) is 2.60. The molecule has 0 amide bonds. The third-order valence-electron chi connectivity index (χ3n) is 4.60. The van der Waals surface area contributed by atoms with E-state index in [9.17, 15) is 4.39 Å². The van der Waals surface area contributed by atoms with E-state index >= 15 is 0 Å². The van der Waals surface area contributed by atoms with Gasteiger partial charge in [-0.25, -0.2) is 4.39 Å². The van der Waals surface area contributed by atoms with Crippen LogP contribution in [0.4, 0.5) is 4.39 Å². The molecule has 0 spiro atoms. The number of hydrogen-bond donors (Lipinski definition) is 0. The average molecular weight is 258 g/mol. The first kappa shape index (κ1) is 17.9. The minimum atomic E-state index is -1.05. The molecule has 0 unspecified atom stereocenters. The molecular formula is C17H35F. The summed E-state index contributed by atoms with van der Waals surface area (Å²) in [5.74, 6) is 0. The van der Waals surface area contributed by atoms with Gasteiger partial charge in [0.05, 0.1) is 0 Å². The fourth-order valence-corrected chi connectivity index (χ4v) is 2.60. The van der Waals surface area contributed by atoms with E-state index in [0.29, 0.717) is 0 Å². The summed E-state index contributed by atoms with van der Waals surface area (Å²) in [4.78, 5) is 0. The summed E-state index contributed by atoms with van der Waals surface area (Å²) in [5.41, 5.74) is -1.18. The SMILES string of the molecule is CCCCCCC(C)(CCCCCC)C(C)(C)F. The maximum atomic E-state index is 14.5. The highest BCUT2D eigenvalue weighted by Gasteiger charge is 2.39. The minimum Gasteiger partial charge on any atom is -0.244 e. The molecule has 0 aromatic carbocycles. The van der Waals surface area contributed by atoms with Crippen molar-refractivity contribution in [3.05, 3.63) is 0 Å². The van der Waals surface area contributed by atoms with E-state index in [1.807, 2.05) is 0 Å². The number of halogens is 1. The monoisotopic (exact) mass is 258 g/mol. The summed E-state index contributed by atoms with van der Waals surface area (Å²) in [6.45, 7) is 10.1. The topological polar surface area (TPSA) is 0 Å². The van der Waals surface area contributed by atoms with Gasteiger partial charge in [0.15, 0.2) is 0 Å². The number of alkyl halides is 1. The van der Waals surface area contributed by atoms with Crippen LogP contribution in [-0.2, 0) is 0 Å². The Hall–Kier alpha value is -0.0700. The van der Waals surface area contributed by atoms with E-state index in [1.165, 1.54) is 51.4 Å². The Morgan fingerprint density at radius 1 is 0.667 bits per heavy atom. The summed E-state index contributed by atoms with van der Waals surface area (Å²) < 4.78 is 14.5. The van der Waals surface area contributed by atoms with Crippen LogP contribution in [0.5, 0.6) is 0 Å². The van der Waals surface area contributed by atoms with E-state index in [-0.39, 0.29) is 5.41 Å². The molecule has 0 aromatic heterocycles. The number of rotatable bonds is 11. The Morgan fingerprint density at radius 3 is 1.33 bits per heavy atom. The third kappa shape index (κ3) is 6.75. The lowest BCUT2D eigenvalue weighted by Crippen LogP contribution is -2.37. The Kier molecular flexibility index (Phi) is 8.90. The second-order valence-electron chi connectivity index (χ2n) is 6.65. The number of unbranched alkanes of at least 4 members (excludes halogenated alkanes) is 6. The third-order valence-corrected chi connectivity index (χ3v) is 4.60. The Labute approximate surface area is 115 Å². The second-order valence-corrected chi connectivity index (χ2v) is 6.65. The zero-order valence-corrected chi connectivity index (χ0v) is 13.4. The van der Waals surface area contributed by atoms with Crippen molar-refractivity contribution in [2.75, 3.05) is 0 Å². The van der Waals surface area contributed by atoms with Gasteiger partial charge in [-0.05, 0) is 26.7 Å². The van der Waals surface area contributed by atoms with E-state index in [4.69, 9.17) is 0 Å². The Balaban J connectivity index is 4.17. The predicted molar refractivity (Wildman–Crippen MR) is 80.8 cm³/mol. The van der Waals surface area contributed by atoms with E-state index in [0.717, 1.165) is 12.8 Å². The van der Waals surface area contributed by atoms with Gasteiger partial charge in [0.2, 0.25) is 0 Å². The van der Waals surface area contributed by atoms with Crippen LogP contribution in [0.25, 0.3) is 0 Å². The van der Waals surface area contributed by atoms with Gasteiger partial charge in [-0.2, -0.15) is 0 Å². The fraction of sp³-hybridized carbons (Fsp3) is 1.00. The summed E-state index contributed by atoms with van der Waals surface area (Å²) >= 11 is 0. The maximum Gasteiger partial charge on any atom is 0.110 e. The Bertz CT molecular complexity index is 178. The zero-order chi connectivity index (χ0) is 14.1. The van der Waals surface area contributed by atoms with Gasteiger partial charge < -0.3 is 0 Å². The van der Waals surface area contributed by atoms with Crippen LogP contribution < -0.4 is 0 Å². The first-order chi connectivity index (χ1) is 8.37. The van der Waals surface area contributed by atoms with Crippen molar-refractivity contribution in [3.63, 3.8) is 0 Å². The normalized spacial score (nSPS) is 13.0. The molecule has 1 heteroatoms. The highest BCUT2D eigenvalue weighted by molar-refractivity contribution is 4.89. The first-order valence-electron chi connectivity index (χ1n) is 8.06. The minimum absolute atomic E-state index is 0.130. The van der Waals surface area contributed by atoms with Gasteiger partial charge in [-0.1, -0.05) is 72.1 Å². The second kappa shape index (κ2) is 8.93. The van der Waals surface area contributed by atoms with Crippen molar-refractivity contribution < 1.29 is 4.39 Å². The van der Waals surface area contributed by atoms with Gasteiger partial charge in [0.1, 0.15) is 5.67 Å².